The summed E-state index contributed by atoms with van der Waals surface area (Å²) in [5.41, 5.74) is 3.49. The lowest BCUT2D eigenvalue weighted by molar-refractivity contribution is 0.848. The van der Waals surface area contributed by atoms with Gasteiger partial charge in [-0.3, -0.25) is 4.98 Å². The van der Waals surface area contributed by atoms with Crippen molar-refractivity contribution in [2.45, 2.75) is 26.7 Å². The fourth-order valence-electron chi connectivity index (χ4n) is 2.31. The SMILES string of the molecule is Cc1nc2ccn3c(=O)[nH]nc3c2cc1C(C)C. The van der Waals surface area contributed by atoms with Crippen molar-refractivity contribution < 1.29 is 0 Å². The number of rotatable bonds is 1. The lowest BCUT2D eigenvalue weighted by atomic mass is 10.0. The highest BCUT2D eigenvalue weighted by Crippen LogP contribution is 2.24. The molecule has 18 heavy (non-hydrogen) atoms. The molecule has 0 radical (unpaired) electrons. The van der Waals surface area contributed by atoms with Crippen LogP contribution in [0.2, 0.25) is 0 Å². The van der Waals surface area contributed by atoms with Crippen LogP contribution in [-0.4, -0.2) is 19.6 Å². The van der Waals surface area contributed by atoms with Gasteiger partial charge >= 0.3 is 5.69 Å². The standard InChI is InChI=1S/C13H14N4O/c1-7(2)9-6-10-11(14-8(9)3)4-5-17-12(10)15-16-13(17)18/h4-7H,1-3H3,(H,16,18). The molecule has 0 atom stereocenters. The van der Waals surface area contributed by atoms with Gasteiger partial charge in [-0.2, -0.15) is 5.10 Å². The molecule has 0 aromatic carbocycles. The van der Waals surface area contributed by atoms with E-state index in [0.717, 1.165) is 16.6 Å². The van der Waals surface area contributed by atoms with Crippen LogP contribution in [-0.2, 0) is 0 Å². The quantitative estimate of drug-likeness (QED) is 0.710. The first-order valence-corrected chi connectivity index (χ1v) is 5.95. The van der Waals surface area contributed by atoms with E-state index in [1.807, 2.05) is 13.0 Å². The predicted octanol–water partition coefficient (Wildman–Crippen LogP) is 2.00. The van der Waals surface area contributed by atoms with Crippen LogP contribution in [0.25, 0.3) is 16.6 Å². The van der Waals surface area contributed by atoms with Crippen molar-refractivity contribution in [2.24, 2.45) is 0 Å². The van der Waals surface area contributed by atoms with Gasteiger partial charge in [-0.1, -0.05) is 13.8 Å². The highest BCUT2D eigenvalue weighted by molar-refractivity contribution is 5.91. The third-order valence-corrected chi connectivity index (χ3v) is 3.23. The van der Waals surface area contributed by atoms with Gasteiger partial charge in [0.2, 0.25) is 0 Å². The average molecular weight is 242 g/mol. The summed E-state index contributed by atoms with van der Waals surface area (Å²) < 4.78 is 1.50. The molecule has 0 spiro atoms. The van der Waals surface area contributed by atoms with Crippen molar-refractivity contribution >= 4 is 16.6 Å². The Morgan fingerprint density at radius 3 is 2.89 bits per heavy atom. The van der Waals surface area contributed by atoms with Crippen LogP contribution in [0, 0.1) is 6.92 Å². The van der Waals surface area contributed by atoms with E-state index in [4.69, 9.17) is 0 Å². The summed E-state index contributed by atoms with van der Waals surface area (Å²) in [5, 5.41) is 7.43. The molecule has 0 saturated heterocycles. The first-order valence-electron chi connectivity index (χ1n) is 5.95. The van der Waals surface area contributed by atoms with Crippen LogP contribution in [0.4, 0.5) is 0 Å². The number of hydrogen-bond acceptors (Lipinski definition) is 3. The predicted molar refractivity (Wildman–Crippen MR) is 69.9 cm³/mol. The van der Waals surface area contributed by atoms with Gasteiger partial charge in [0.25, 0.3) is 0 Å². The smallest absolute Gasteiger partial charge is 0.253 e. The molecule has 3 rings (SSSR count). The zero-order valence-electron chi connectivity index (χ0n) is 10.6. The van der Waals surface area contributed by atoms with E-state index >= 15 is 0 Å². The van der Waals surface area contributed by atoms with Crippen LogP contribution in [0.1, 0.15) is 31.0 Å². The molecule has 5 heteroatoms. The van der Waals surface area contributed by atoms with E-state index in [9.17, 15) is 4.79 Å². The lowest BCUT2D eigenvalue weighted by Gasteiger charge is -2.10. The molecule has 1 N–H and O–H groups in total. The van der Waals surface area contributed by atoms with E-state index in [1.165, 1.54) is 9.96 Å². The highest BCUT2D eigenvalue weighted by atomic mass is 16.1. The minimum atomic E-state index is -0.224. The average Bonchev–Trinajstić information content (AvgIpc) is 2.70. The van der Waals surface area contributed by atoms with Crippen molar-refractivity contribution in [2.75, 3.05) is 0 Å². The normalized spacial score (nSPS) is 11.8. The second-order valence-electron chi connectivity index (χ2n) is 4.79. The van der Waals surface area contributed by atoms with Gasteiger partial charge in [0.1, 0.15) is 0 Å². The van der Waals surface area contributed by atoms with Gasteiger partial charge in [-0.05, 0) is 30.5 Å². The Balaban J connectivity index is 2.49. The third kappa shape index (κ3) is 1.44. The number of nitrogens with zero attached hydrogens (tertiary/aromatic N) is 3. The minimum absolute atomic E-state index is 0.224. The summed E-state index contributed by atoms with van der Waals surface area (Å²) in [6.45, 7) is 6.27. The Labute approximate surface area is 103 Å². The maximum absolute atomic E-state index is 11.5. The zero-order chi connectivity index (χ0) is 12.9. The molecule has 5 nitrogen and oxygen atoms in total. The number of aromatic nitrogens is 4. The number of aryl methyl sites for hydroxylation is 1. The molecule has 0 bridgehead atoms. The fraction of sp³-hybridized carbons (Fsp3) is 0.308. The number of fused-ring (bicyclic) bond motifs is 3. The van der Waals surface area contributed by atoms with Crippen LogP contribution < -0.4 is 5.69 Å². The van der Waals surface area contributed by atoms with Crippen molar-refractivity contribution in [1.29, 1.82) is 0 Å². The minimum Gasteiger partial charge on any atom is -0.253 e. The van der Waals surface area contributed by atoms with Gasteiger partial charge in [-0.25, -0.2) is 14.3 Å². The molecule has 0 aliphatic rings. The largest absolute Gasteiger partial charge is 0.347 e. The van der Waals surface area contributed by atoms with Gasteiger partial charge in [0.15, 0.2) is 5.65 Å². The maximum Gasteiger partial charge on any atom is 0.347 e. The van der Waals surface area contributed by atoms with Crippen LogP contribution in [0.3, 0.4) is 0 Å². The Kier molecular flexibility index (Phi) is 2.23. The Hall–Kier alpha value is -2.17. The van der Waals surface area contributed by atoms with Crippen molar-refractivity contribution in [3.63, 3.8) is 0 Å². The second-order valence-corrected chi connectivity index (χ2v) is 4.79. The molecule has 92 valence electrons. The molecule has 0 saturated carbocycles. The van der Waals surface area contributed by atoms with E-state index < -0.39 is 0 Å². The van der Waals surface area contributed by atoms with E-state index in [1.54, 1.807) is 6.20 Å². The summed E-state index contributed by atoms with van der Waals surface area (Å²) in [5.74, 6) is 0.396. The number of nitrogens with one attached hydrogen (secondary N) is 1. The second kappa shape index (κ2) is 3.66. The topological polar surface area (TPSA) is 63.1 Å². The lowest BCUT2D eigenvalue weighted by Crippen LogP contribution is -2.08. The first kappa shape index (κ1) is 11.0. The molecule has 0 amide bonds. The number of hydrogen-bond donors (Lipinski definition) is 1. The van der Waals surface area contributed by atoms with Crippen molar-refractivity contribution in [3.8, 4) is 0 Å². The molecule has 3 aromatic rings. The van der Waals surface area contributed by atoms with Crippen LogP contribution in [0.5, 0.6) is 0 Å². The van der Waals surface area contributed by atoms with Crippen molar-refractivity contribution in [3.05, 3.63) is 40.1 Å². The first-order chi connectivity index (χ1) is 8.58. The summed E-state index contributed by atoms with van der Waals surface area (Å²) in [6.07, 6.45) is 1.70. The number of pyridine rings is 2. The van der Waals surface area contributed by atoms with E-state index in [2.05, 4.69) is 35.1 Å². The summed E-state index contributed by atoms with van der Waals surface area (Å²) >= 11 is 0. The van der Waals surface area contributed by atoms with Gasteiger partial charge in [0, 0.05) is 17.3 Å². The van der Waals surface area contributed by atoms with Crippen LogP contribution >= 0.6 is 0 Å². The molecule has 3 aromatic heterocycles. The molecule has 0 unspecified atom stereocenters. The number of H-pyrrole nitrogens is 1. The van der Waals surface area contributed by atoms with Gasteiger partial charge < -0.3 is 0 Å². The Bertz CT molecular complexity index is 798. The molecule has 0 fully saturated rings. The molecule has 3 heterocycles. The monoisotopic (exact) mass is 242 g/mol. The van der Waals surface area contributed by atoms with E-state index in [-0.39, 0.29) is 5.69 Å². The van der Waals surface area contributed by atoms with Crippen LogP contribution in [0.15, 0.2) is 23.1 Å². The molecular formula is C13H14N4O. The van der Waals surface area contributed by atoms with Crippen molar-refractivity contribution in [1.82, 2.24) is 19.6 Å². The van der Waals surface area contributed by atoms with Gasteiger partial charge in [0.05, 0.1) is 5.52 Å². The number of aromatic amines is 1. The van der Waals surface area contributed by atoms with E-state index in [0.29, 0.717) is 11.6 Å². The zero-order valence-corrected chi connectivity index (χ0v) is 10.6. The summed E-state index contributed by atoms with van der Waals surface area (Å²) in [6, 6.07) is 3.92. The molecule has 0 aliphatic heterocycles. The van der Waals surface area contributed by atoms with Gasteiger partial charge in [-0.15, -0.1) is 0 Å². The fourth-order valence-corrected chi connectivity index (χ4v) is 2.31. The summed E-state index contributed by atoms with van der Waals surface area (Å²) in [7, 11) is 0. The maximum atomic E-state index is 11.5. The Morgan fingerprint density at radius 2 is 2.17 bits per heavy atom. The molecule has 0 aliphatic carbocycles. The Morgan fingerprint density at radius 1 is 1.39 bits per heavy atom. The summed E-state index contributed by atoms with van der Waals surface area (Å²) in [4.78, 5) is 16.1. The highest BCUT2D eigenvalue weighted by Gasteiger charge is 2.11. The third-order valence-electron chi connectivity index (χ3n) is 3.23. The molecular weight excluding hydrogens is 228 g/mol.